The van der Waals surface area contributed by atoms with E-state index in [0.717, 1.165) is 5.56 Å². The second kappa shape index (κ2) is 6.01. The molecule has 0 amide bonds. The third-order valence-electron chi connectivity index (χ3n) is 1.73. The number of rotatable bonds is 2. The molecule has 0 saturated heterocycles. The van der Waals surface area contributed by atoms with Crippen LogP contribution in [0.1, 0.15) is 11.1 Å². The number of hydrogen-bond donors (Lipinski definition) is 0. The Morgan fingerprint density at radius 1 is 1.29 bits per heavy atom. The van der Waals surface area contributed by atoms with Gasteiger partial charge in [-0.3, -0.25) is 0 Å². The van der Waals surface area contributed by atoms with E-state index >= 15 is 0 Å². The minimum absolute atomic E-state index is 0.614. The quantitative estimate of drug-likeness (QED) is 0.645. The Bertz CT molecular complexity index is 349. The molecule has 0 aromatic heterocycles. The van der Waals surface area contributed by atoms with Crippen molar-refractivity contribution in [3.63, 3.8) is 0 Å². The molecule has 0 saturated carbocycles. The van der Waals surface area contributed by atoms with Gasteiger partial charge in [-0.15, -0.1) is 0 Å². The fourth-order valence-corrected chi connectivity index (χ4v) is 0.965. The van der Waals surface area contributed by atoms with Crippen molar-refractivity contribution in [3.8, 4) is 11.8 Å². The first-order valence-electron chi connectivity index (χ1n) is 4.55. The first-order chi connectivity index (χ1) is 6.83. The fourth-order valence-electron chi connectivity index (χ4n) is 0.965. The van der Waals surface area contributed by atoms with Crippen LogP contribution in [0.15, 0.2) is 36.4 Å². The Morgan fingerprint density at radius 2 is 2.00 bits per heavy atom. The highest BCUT2D eigenvalue weighted by molar-refractivity contribution is 5.38. The SMILES string of the molecule is COC/C=C\C#Cc1ccc(C)cc1. The average Bonchev–Trinajstić information content (AvgIpc) is 2.21. The molecule has 0 fully saturated rings. The number of hydrogen-bond acceptors (Lipinski definition) is 1. The van der Waals surface area contributed by atoms with Gasteiger partial charge in [0.05, 0.1) is 6.61 Å². The van der Waals surface area contributed by atoms with Crippen molar-refractivity contribution >= 4 is 0 Å². The van der Waals surface area contributed by atoms with Gasteiger partial charge in [0.1, 0.15) is 0 Å². The summed E-state index contributed by atoms with van der Waals surface area (Å²) in [6, 6.07) is 8.16. The standard InChI is InChI=1S/C13H14O/c1-12-7-9-13(10-8-12)6-4-3-5-11-14-2/h3,5,7-10H,11H2,1-2H3/b5-3-. The van der Waals surface area contributed by atoms with E-state index in [1.807, 2.05) is 24.3 Å². The van der Waals surface area contributed by atoms with Crippen LogP contribution in [0.25, 0.3) is 0 Å². The summed E-state index contributed by atoms with van der Waals surface area (Å²) >= 11 is 0. The molecule has 1 rings (SSSR count). The lowest BCUT2D eigenvalue weighted by Crippen LogP contribution is -1.79. The van der Waals surface area contributed by atoms with Gasteiger partial charge in [0.15, 0.2) is 0 Å². The van der Waals surface area contributed by atoms with Crippen LogP contribution in [-0.2, 0) is 4.74 Å². The van der Waals surface area contributed by atoms with E-state index in [1.54, 1.807) is 7.11 Å². The van der Waals surface area contributed by atoms with E-state index in [4.69, 9.17) is 4.74 Å². The molecule has 72 valence electrons. The van der Waals surface area contributed by atoms with Crippen molar-refractivity contribution in [2.45, 2.75) is 6.92 Å². The monoisotopic (exact) mass is 186 g/mol. The first-order valence-corrected chi connectivity index (χ1v) is 4.55. The molecule has 0 N–H and O–H groups in total. The molecule has 0 aliphatic rings. The molecule has 0 unspecified atom stereocenters. The molecule has 14 heavy (non-hydrogen) atoms. The molecule has 0 aliphatic carbocycles. The van der Waals surface area contributed by atoms with E-state index in [1.165, 1.54) is 5.56 Å². The highest BCUT2D eigenvalue weighted by atomic mass is 16.5. The van der Waals surface area contributed by atoms with Crippen LogP contribution in [0.4, 0.5) is 0 Å². The summed E-state index contributed by atoms with van der Waals surface area (Å²) in [7, 11) is 1.66. The molecule has 1 heteroatoms. The minimum Gasteiger partial charge on any atom is -0.381 e. The molecule has 0 radical (unpaired) electrons. The third kappa shape index (κ3) is 3.93. The van der Waals surface area contributed by atoms with Gasteiger partial charge in [-0.1, -0.05) is 35.6 Å². The maximum absolute atomic E-state index is 4.86. The van der Waals surface area contributed by atoms with Gasteiger partial charge in [0, 0.05) is 12.7 Å². The normalized spacial score (nSPS) is 9.86. The number of benzene rings is 1. The average molecular weight is 186 g/mol. The van der Waals surface area contributed by atoms with Gasteiger partial charge in [0.25, 0.3) is 0 Å². The van der Waals surface area contributed by atoms with Gasteiger partial charge in [-0.05, 0) is 25.1 Å². The molecular weight excluding hydrogens is 172 g/mol. The lowest BCUT2D eigenvalue weighted by atomic mass is 10.1. The lowest BCUT2D eigenvalue weighted by Gasteiger charge is -1.90. The zero-order chi connectivity index (χ0) is 10.2. The Balaban J connectivity index is 2.55. The fraction of sp³-hybridized carbons (Fsp3) is 0.231. The summed E-state index contributed by atoms with van der Waals surface area (Å²) in [5.74, 6) is 5.98. The van der Waals surface area contributed by atoms with Crippen LogP contribution in [-0.4, -0.2) is 13.7 Å². The van der Waals surface area contributed by atoms with Crippen molar-refractivity contribution < 1.29 is 4.74 Å². The van der Waals surface area contributed by atoms with Crippen LogP contribution in [0, 0.1) is 18.8 Å². The van der Waals surface area contributed by atoms with Gasteiger partial charge < -0.3 is 4.74 Å². The molecule has 0 bridgehead atoms. The largest absolute Gasteiger partial charge is 0.381 e. The van der Waals surface area contributed by atoms with Crippen molar-refractivity contribution in [1.82, 2.24) is 0 Å². The maximum Gasteiger partial charge on any atom is 0.0652 e. The molecule has 0 heterocycles. The van der Waals surface area contributed by atoms with Crippen LogP contribution in [0.3, 0.4) is 0 Å². The first kappa shape index (κ1) is 10.6. The van der Waals surface area contributed by atoms with Crippen LogP contribution >= 0.6 is 0 Å². The molecule has 0 atom stereocenters. The van der Waals surface area contributed by atoms with E-state index in [2.05, 4.69) is 30.9 Å². The Kier molecular flexibility index (Phi) is 4.54. The van der Waals surface area contributed by atoms with Crippen LogP contribution in [0.2, 0.25) is 0 Å². The predicted molar refractivity (Wildman–Crippen MR) is 59.1 cm³/mol. The maximum atomic E-state index is 4.86. The summed E-state index contributed by atoms with van der Waals surface area (Å²) in [5, 5.41) is 0. The second-order valence-electron chi connectivity index (χ2n) is 2.99. The van der Waals surface area contributed by atoms with Crippen molar-refractivity contribution in [2.24, 2.45) is 0 Å². The molecule has 0 spiro atoms. The Labute approximate surface area is 85.4 Å². The van der Waals surface area contributed by atoms with Crippen molar-refractivity contribution in [2.75, 3.05) is 13.7 Å². The van der Waals surface area contributed by atoms with E-state index in [9.17, 15) is 0 Å². The van der Waals surface area contributed by atoms with Gasteiger partial charge in [-0.25, -0.2) is 0 Å². The van der Waals surface area contributed by atoms with Crippen LogP contribution in [0.5, 0.6) is 0 Å². The van der Waals surface area contributed by atoms with Crippen LogP contribution < -0.4 is 0 Å². The van der Waals surface area contributed by atoms with Gasteiger partial charge in [0.2, 0.25) is 0 Å². The summed E-state index contributed by atoms with van der Waals surface area (Å²) in [4.78, 5) is 0. The number of allylic oxidation sites excluding steroid dienone is 1. The highest BCUT2D eigenvalue weighted by Crippen LogP contribution is 2.00. The van der Waals surface area contributed by atoms with Crippen molar-refractivity contribution in [1.29, 1.82) is 0 Å². The molecule has 1 aromatic rings. The van der Waals surface area contributed by atoms with E-state index in [-0.39, 0.29) is 0 Å². The van der Waals surface area contributed by atoms with Gasteiger partial charge >= 0.3 is 0 Å². The zero-order valence-corrected chi connectivity index (χ0v) is 8.58. The smallest absolute Gasteiger partial charge is 0.0652 e. The second-order valence-corrected chi connectivity index (χ2v) is 2.99. The topological polar surface area (TPSA) is 9.23 Å². The predicted octanol–water partition coefficient (Wildman–Crippen LogP) is 2.55. The van der Waals surface area contributed by atoms with Crippen molar-refractivity contribution in [3.05, 3.63) is 47.5 Å². The number of aryl methyl sites for hydroxylation is 1. The Hall–Kier alpha value is -1.52. The van der Waals surface area contributed by atoms with Gasteiger partial charge in [-0.2, -0.15) is 0 Å². The number of methoxy groups -OCH3 is 1. The molecule has 1 aromatic carbocycles. The summed E-state index contributed by atoms with van der Waals surface area (Å²) in [6.45, 7) is 2.68. The van der Waals surface area contributed by atoms with E-state index < -0.39 is 0 Å². The molecular formula is C13H14O. The van der Waals surface area contributed by atoms with E-state index in [0.29, 0.717) is 6.61 Å². The minimum atomic E-state index is 0.614. The molecule has 0 aliphatic heterocycles. The summed E-state index contributed by atoms with van der Waals surface area (Å²) in [5.41, 5.74) is 2.29. The Morgan fingerprint density at radius 3 is 2.64 bits per heavy atom. The molecule has 1 nitrogen and oxygen atoms in total. The third-order valence-corrected chi connectivity index (χ3v) is 1.73. The number of ether oxygens (including phenoxy) is 1. The highest BCUT2D eigenvalue weighted by Gasteiger charge is 1.84. The summed E-state index contributed by atoms with van der Waals surface area (Å²) in [6.07, 6.45) is 3.70. The summed E-state index contributed by atoms with van der Waals surface area (Å²) < 4.78 is 4.86. The lowest BCUT2D eigenvalue weighted by molar-refractivity contribution is 0.234. The zero-order valence-electron chi connectivity index (χ0n) is 8.58.